The highest BCUT2D eigenvalue weighted by Gasteiger charge is 2.21. The molecule has 2 heterocycles. The maximum atomic E-state index is 12.5. The van der Waals surface area contributed by atoms with Crippen LogP contribution in [0.2, 0.25) is 5.02 Å². The van der Waals surface area contributed by atoms with Crippen molar-refractivity contribution in [2.45, 2.75) is 46.3 Å². The molecule has 0 atom stereocenters. The maximum absolute atomic E-state index is 12.5. The second kappa shape index (κ2) is 10.1. The van der Waals surface area contributed by atoms with Crippen LogP contribution in [0.5, 0.6) is 0 Å². The van der Waals surface area contributed by atoms with E-state index >= 15 is 0 Å². The predicted octanol–water partition coefficient (Wildman–Crippen LogP) is 5.78. The van der Waals surface area contributed by atoms with Crippen LogP contribution in [-0.4, -0.2) is 31.7 Å². The van der Waals surface area contributed by atoms with E-state index < -0.39 is 11.7 Å². The maximum Gasteiger partial charge on any atom is 0.407 e. The molecular formula is C27H27ClN6O3. The van der Waals surface area contributed by atoms with Crippen LogP contribution in [0.4, 0.5) is 10.5 Å². The van der Waals surface area contributed by atoms with Crippen LogP contribution in [0.3, 0.4) is 0 Å². The fraction of sp³-hybridized carbons (Fsp3) is 0.296. The molecule has 0 bridgehead atoms. The fourth-order valence-corrected chi connectivity index (χ4v) is 4.44. The van der Waals surface area contributed by atoms with Crippen LogP contribution in [0, 0.1) is 6.57 Å². The number of nitrogens with one attached hydrogen (secondary N) is 2. The summed E-state index contributed by atoms with van der Waals surface area (Å²) in [7, 11) is 1.81. The third-order valence-corrected chi connectivity index (χ3v) is 6.04. The van der Waals surface area contributed by atoms with E-state index in [9.17, 15) is 9.59 Å². The minimum atomic E-state index is -0.642. The van der Waals surface area contributed by atoms with Crippen LogP contribution in [0.25, 0.3) is 38.0 Å². The molecule has 4 rings (SSSR count). The Hall–Kier alpha value is -4.16. The van der Waals surface area contributed by atoms with E-state index in [0.717, 1.165) is 22.4 Å². The quantitative estimate of drug-likeness (QED) is 0.326. The molecule has 0 unspecified atom stereocenters. The van der Waals surface area contributed by atoms with Crippen LogP contribution in [-0.2, 0) is 24.8 Å². The van der Waals surface area contributed by atoms with Gasteiger partial charge in [0, 0.05) is 28.6 Å². The molecule has 0 saturated carbocycles. The molecule has 2 aromatic heterocycles. The number of ether oxygens (including phenoxy) is 1. The first-order valence-electron chi connectivity index (χ1n) is 11.7. The number of carbonyl (C=O) groups excluding carboxylic acids is 1. The van der Waals surface area contributed by atoms with Crippen molar-refractivity contribution in [2.75, 3.05) is 0 Å². The average molecular weight is 519 g/mol. The summed E-state index contributed by atoms with van der Waals surface area (Å²) in [6.07, 6.45) is 1.80. The van der Waals surface area contributed by atoms with E-state index in [0.29, 0.717) is 39.2 Å². The van der Waals surface area contributed by atoms with Crippen molar-refractivity contribution >= 4 is 34.2 Å². The number of hydrogen-bond acceptors (Lipinski definition) is 5. The van der Waals surface area contributed by atoms with Crippen molar-refractivity contribution in [3.63, 3.8) is 0 Å². The summed E-state index contributed by atoms with van der Waals surface area (Å²) in [6.45, 7) is 15.2. The summed E-state index contributed by atoms with van der Waals surface area (Å²) in [5.74, 6) is 0. The van der Waals surface area contributed by atoms with Crippen LogP contribution in [0.15, 0.2) is 41.3 Å². The van der Waals surface area contributed by atoms with E-state index in [1.165, 1.54) is 0 Å². The highest BCUT2D eigenvalue weighted by Crippen LogP contribution is 2.41. The summed E-state index contributed by atoms with van der Waals surface area (Å²) in [4.78, 5) is 28.5. The van der Waals surface area contributed by atoms with Crippen molar-refractivity contribution in [1.29, 1.82) is 0 Å². The van der Waals surface area contributed by atoms with E-state index in [1.807, 2.05) is 32.2 Å². The Labute approximate surface area is 219 Å². The lowest BCUT2D eigenvalue weighted by atomic mass is 9.96. The topological polar surface area (TPSA) is 106 Å². The number of fused-ring (bicyclic) bond motifs is 1. The molecule has 4 aromatic rings. The zero-order valence-corrected chi connectivity index (χ0v) is 22.0. The normalized spacial score (nSPS) is 11.4. The highest BCUT2D eigenvalue weighted by molar-refractivity contribution is 6.31. The Morgan fingerprint density at radius 3 is 2.65 bits per heavy atom. The molecular weight excluding hydrogens is 492 g/mol. The monoisotopic (exact) mass is 518 g/mol. The molecule has 0 saturated heterocycles. The van der Waals surface area contributed by atoms with E-state index in [-0.39, 0.29) is 12.1 Å². The average Bonchev–Trinajstić information content (AvgIpc) is 3.22. The molecule has 190 valence electrons. The SMILES string of the molecule is [C-]#[N+]c1c(CC)cc(Cl)cc1-c1c(-c2ccc3c(=O)[nH]nc(CNC(=O)OC(C)(C)C)c3c2)cnn1C. The minimum Gasteiger partial charge on any atom is -0.444 e. The predicted molar refractivity (Wildman–Crippen MR) is 144 cm³/mol. The Kier molecular flexibility index (Phi) is 7.05. The number of aryl methyl sites for hydroxylation is 2. The molecule has 0 radical (unpaired) electrons. The van der Waals surface area contributed by atoms with Gasteiger partial charge in [-0.25, -0.2) is 14.7 Å². The van der Waals surface area contributed by atoms with Gasteiger partial charge in [-0.3, -0.25) is 9.48 Å². The second-order valence-electron chi connectivity index (χ2n) is 9.57. The van der Waals surface area contributed by atoms with Gasteiger partial charge in [-0.2, -0.15) is 10.2 Å². The van der Waals surface area contributed by atoms with Gasteiger partial charge in [0.1, 0.15) is 5.60 Å². The van der Waals surface area contributed by atoms with Crippen LogP contribution in [0.1, 0.15) is 39.0 Å². The number of rotatable bonds is 5. The first kappa shape index (κ1) is 25.9. The van der Waals surface area contributed by atoms with Crippen molar-refractivity contribution in [2.24, 2.45) is 7.05 Å². The van der Waals surface area contributed by atoms with Crippen molar-refractivity contribution in [3.8, 4) is 22.4 Å². The number of H-pyrrole nitrogens is 1. The molecule has 2 N–H and O–H groups in total. The third-order valence-electron chi connectivity index (χ3n) is 5.82. The lowest BCUT2D eigenvalue weighted by Gasteiger charge is -2.19. The summed E-state index contributed by atoms with van der Waals surface area (Å²) in [6, 6.07) is 8.97. The smallest absolute Gasteiger partial charge is 0.407 e. The summed E-state index contributed by atoms with van der Waals surface area (Å²) >= 11 is 6.42. The van der Waals surface area contributed by atoms with E-state index in [4.69, 9.17) is 22.9 Å². The largest absolute Gasteiger partial charge is 0.444 e. The van der Waals surface area contributed by atoms with Gasteiger partial charge in [-0.15, -0.1) is 0 Å². The van der Waals surface area contributed by atoms with E-state index in [1.54, 1.807) is 43.8 Å². The fourth-order valence-electron chi connectivity index (χ4n) is 4.20. The van der Waals surface area contributed by atoms with Gasteiger partial charge in [0.25, 0.3) is 5.56 Å². The molecule has 0 aliphatic rings. The second-order valence-corrected chi connectivity index (χ2v) is 10.0. The Morgan fingerprint density at radius 1 is 1.22 bits per heavy atom. The standard InChI is InChI=1S/C27H27ClN6O3/c1-7-15-10-17(28)12-20(23(15)29-5)24-21(13-31-34(24)6)16-8-9-18-19(11-16)22(32-33-25(18)35)14-30-26(36)37-27(2,3)4/h8-13H,7,14H2,1-4,6H3,(H,30,36)(H,33,35). The van der Waals surface area contributed by atoms with Crippen LogP contribution < -0.4 is 10.9 Å². The Balaban J connectivity index is 1.83. The number of carbonyl (C=O) groups is 1. The summed E-state index contributed by atoms with van der Waals surface area (Å²) < 4.78 is 7.02. The number of amides is 1. The molecule has 1 amide bonds. The van der Waals surface area contributed by atoms with Crippen molar-refractivity contribution < 1.29 is 9.53 Å². The molecule has 0 fully saturated rings. The zero-order chi connectivity index (χ0) is 26.9. The molecule has 0 aliphatic carbocycles. The van der Waals surface area contributed by atoms with Gasteiger partial charge in [0.05, 0.1) is 36.1 Å². The van der Waals surface area contributed by atoms with Gasteiger partial charge >= 0.3 is 6.09 Å². The minimum absolute atomic E-state index is 0.0571. The van der Waals surface area contributed by atoms with Gasteiger partial charge in [0.15, 0.2) is 5.69 Å². The van der Waals surface area contributed by atoms with Crippen molar-refractivity contribution in [1.82, 2.24) is 25.3 Å². The van der Waals surface area contributed by atoms with Gasteiger partial charge in [-0.05, 0) is 56.5 Å². The summed E-state index contributed by atoms with van der Waals surface area (Å²) in [5, 5.41) is 15.4. The van der Waals surface area contributed by atoms with E-state index in [2.05, 4.69) is 25.5 Å². The Bertz CT molecular complexity index is 1610. The molecule has 2 aromatic carbocycles. The number of nitrogens with zero attached hydrogens (tertiary/aromatic N) is 4. The first-order chi connectivity index (χ1) is 17.5. The molecule has 9 nitrogen and oxygen atoms in total. The number of aromatic amines is 1. The lowest BCUT2D eigenvalue weighted by molar-refractivity contribution is 0.0523. The number of alkyl carbamates (subject to hydrolysis) is 1. The van der Waals surface area contributed by atoms with Crippen LogP contribution >= 0.6 is 11.6 Å². The number of benzene rings is 2. The number of hydrogen-bond donors (Lipinski definition) is 2. The van der Waals surface area contributed by atoms with Gasteiger partial charge in [0.2, 0.25) is 0 Å². The Morgan fingerprint density at radius 2 is 1.97 bits per heavy atom. The first-order valence-corrected chi connectivity index (χ1v) is 12.1. The zero-order valence-electron chi connectivity index (χ0n) is 21.3. The number of aromatic nitrogens is 4. The molecule has 10 heteroatoms. The van der Waals surface area contributed by atoms with Crippen molar-refractivity contribution in [3.05, 3.63) is 74.6 Å². The highest BCUT2D eigenvalue weighted by atomic mass is 35.5. The van der Waals surface area contributed by atoms with Gasteiger partial charge < -0.3 is 10.1 Å². The molecule has 37 heavy (non-hydrogen) atoms. The number of halogens is 1. The molecule has 0 spiro atoms. The lowest BCUT2D eigenvalue weighted by Crippen LogP contribution is -2.32. The summed E-state index contributed by atoms with van der Waals surface area (Å²) in [5.41, 5.74) is 3.83. The van der Waals surface area contributed by atoms with Gasteiger partial charge in [-0.1, -0.05) is 30.7 Å². The molecule has 0 aliphatic heterocycles. The third kappa shape index (κ3) is 5.34.